The number of benzene rings is 2. The van der Waals surface area contributed by atoms with Crippen LogP contribution >= 0.6 is 0 Å². The molecule has 0 aliphatic carbocycles. The summed E-state index contributed by atoms with van der Waals surface area (Å²) in [5.41, 5.74) is 2.66. The van der Waals surface area contributed by atoms with Crippen LogP contribution in [-0.4, -0.2) is 29.2 Å². The zero-order chi connectivity index (χ0) is 14.5. The number of hydrogen-bond donors (Lipinski definition) is 1. The minimum Gasteiger partial charge on any atom is -0.391 e. The van der Waals surface area contributed by atoms with Crippen LogP contribution in [0.25, 0.3) is 0 Å². The Labute approximate surface area is 127 Å². The molecule has 2 nitrogen and oxygen atoms in total. The summed E-state index contributed by atoms with van der Waals surface area (Å²) in [5, 5.41) is 10.4. The lowest BCUT2D eigenvalue weighted by Crippen LogP contribution is -2.44. The molecule has 0 amide bonds. The van der Waals surface area contributed by atoms with Gasteiger partial charge in [0.05, 0.1) is 6.10 Å². The van der Waals surface area contributed by atoms with Gasteiger partial charge in [-0.3, -0.25) is 4.90 Å². The number of nitrogens with zero attached hydrogens (tertiary/aromatic N) is 1. The molecule has 0 aromatic heterocycles. The Morgan fingerprint density at radius 3 is 2.14 bits per heavy atom. The lowest BCUT2D eigenvalue weighted by Gasteiger charge is -2.36. The van der Waals surface area contributed by atoms with Crippen molar-refractivity contribution in [1.82, 2.24) is 4.90 Å². The Morgan fingerprint density at radius 2 is 1.52 bits per heavy atom. The monoisotopic (exact) mass is 281 g/mol. The second kappa shape index (κ2) is 6.88. The SMILES string of the molecule is O[C@@H]1CN(Cc2ccccc2)CCC1Cc1ccccc1. The molecular formula is C19H23NO. The highest BCUT2D eigenvalue weighted by molar-refractivity contribution is 5.16. The average Bonchev–Trinajstić information content (AvgIpc) is 2.52. The number of β-amino-alcohol motifs (C(OH)–C–C–N with tert-alkyl or cyclic N) is 1. The zero-order valence-corrected chi connectivity index (χ0v) is 12.4. The predicted molar refractivity (Wildman–Crippen MR) is 86.0 cm³/mol. The van der Waals surface area contributed by atoms with Gasteiger partial charge >= 0.3 is 0 Å². The zero-order valence-electron chi connectivity index (χ0n) is 12.4. The highest BCUT2D eigenvalue weighted by atomic mass is 16.3. The smallest absolute Gasteiger partial charge is 0.0699 e. The summed E-state index contributed by atoms with van der Waals surface area (Å²) in [4.78, 5) is 2.36. The summed E-state index contributed by atoms with van der Waals surface area (Å²) in [5.74, 6) is 0.388. The van der Waals surface area contributed by atoms with E-state index in [0.717, 1.165) is 32.5 Å². The van der Waals surface area contributed by atoms with Crippen LogP contribution in [0.5, 0.6) is 0 Å². The van der Waals surface area contributed by atoms with E-state index in [9.17, 15) is 5.11 Å². The minimum atomic E-state index is -0.220. The highest BCUT2D eigenvalue weighted by Crippen LogP contribution is 2.23. The van der Waals surface area contributed by atoms with Gasteiger partial charge in [-0.05, 0) is 36.4 Å². The summed E-state index contributed by atoms with van der Waals surface area (Å²) < 4.78 is 0. The van der Waals surface area contributed by atoms with Crippen molar-refractivity contribution in [3.63, 3.8) is 0 Å². The van der Waals surface area contributed by atoms with Crippen LogP contribution < -0.4 is 0 Å². The number of hydrogen-bond acceptors (Lipinski definition) is 2. The molecule has 0 bridgehead atoms. The molecule has 2 heteroatoms. The van der Waals surface area contributed by atoms with Crippen molar-refractivity contribution in [3.05, 3.63) is 71.8 Å². The first-order valence-electron chi connectivity index (χ1n) is 7.79. The third kappa shape index (κ3) is 3.93. The highest BCUT2D eigenvalue weighted by Gasteiger charge is 2.27. The fourth-order valence-electron chi connectivity index (χ4n) is 3.19. The van der Waals surface area contributed by atoms with E-state index in [2.05, 4.69) is 53.4 Å². The van der Waals surface area contributed by atoms with E-state index >= 15 is 0 Å². The number of aliphatic hydroxyl groups is 1. The molecule has 2 aromatic rings. The summed E-state index contributed by atoms with van der Waals surface area (Å²) in [7, 11) is 0. The van der Waals surface area contributed by atoms with Gasteiger partial charge in [-0.25, -0.2) is 0 Å². The van der Waals surface area contributed by atoms with Gasteiger partial charge < -0.3 is 5.11 Å². The molecule has 1 aliphatic rings. The maximum absolute atomic E-state index is 10.4. The lowest BCUT2D eigenvalue weighted by atomic mass is 9.88. The van der Waals surface area contributed by atoms with E-state index < -0.39 is 0 Å². The largest absolute Gasteiger partial charge is 0.391 e. The molecule has 0 radical (unpaired) electrons. The molecule has 0 saturated carbocycles. The van der Waals surface area contributed by atoms with Gasteiger partial charge in [0, 0.05) is 13.1 Å². The van der Waals surface area contributed by atoms with Crippen LogP contribution in [0.2, 0.25) is 0 Å². The number of piperidine rings is 1. The van der Waals surface area contributed by atoms with Crippen molar-refractivity contribution in [3.8, 4) is 0 Å². The Balaban J connectivity index is 1.54. The van der Waals surface area contributed by atoms with Crippen LogP contribution in [0.15, 0.2) is 60.7 Å². The maximum Gasteiger partial charge on any atom is 0.0699 e. The molecule has 1 heterocycles. The van der Waals surface area contributed by atoms with Crippen molar-refractivity contribution in [2.24, 2.45) is 5.92 Å². The van der Waals surface area contributed by atoms with Crippen molar-refractivity contribution < 1.29 is 5.11 Å². The first-order chi connectivity index (χ1) is 10.3. The van der Waals surface area contributed by atoms with Gasteiger partial charge in [0.2, 0.25) is 0 Å². The summed E-state index contributed by atoms with van der Waals surface area (Å²) in [6.45, 7) is 2.80. The van der Waals surface area contributed by atoms with Crippen LogP contribution in [0.1, 0.15) is 17.5 Å². The van der Waals surface area contributed by atoms with Crippen LogP contribution in [-0.2, 0) is 13.0 Å². The second-order valence-electron chi connectivity index (χ2n) is 6.03. The molecule has 3 rings (SSSR count). The molecule has 1 saturated heterocycles. The van der Waals surface area contributed by atoms with Gasteiger partial charge in [-0.15, -0.1) is 0 Å². The standard InChI is InChI=1S/C19H23NO/c21-19-15-20(14-17-9-5-2-6-10-17)12-11-18(19)13-16-7-3-1-4-8-16/h1-10,18-19,21H,11-15H2/t18?,19-/m1/s1. The molecule has 1 N–H and O–H groups in total. The van der Waals surface area contributed by atoms with Crippen molar-refractivity contribution in [2.45, 2.75) is 25.5 Å². The van der Waals surface area contributed by atoms with E-state index in [0.29, 0.717) is 5.92 Å². The van der Waals surface area contributed by atoms with Crippen LogP contribution in [0.4, 0.5) is 0 Å². The van der Waals surface area contributed by atoms with Gasteiger partial charge in [-0.2, -0.15) is 0 Å². The Hall–Kier alpha value is -1.64. The van der Waals surface area contributed by atoms with Crippen molar-refractivity contribution in [1.29, 1.82) is 0 Å². The van der Waals surface area contributed by atoms with E-state index in [1.807, 2.05) is 12.1 Å². The Morgan fingerprint density at radius 1 is 0.905 bits per heavy atom. The van der Waals surface area contributed by atoms with Gasteiger partial charge in [0.15, 0.2) is 0 Å². The van der Waals surface area contributed by atoms with Crippen molar-refractivity contribution in [2.75, 3.05) is 13.1 Å². The molecule has 0 spiro atoms. The Kier molecular flexibility index (Phi) is 4.69. The normalized spacial score (nSPS) is 23.1. The van der Waals surface area contributed by atoms with Gasteiger partial charge in [0.1, 0.15) is 0 Å². The molecule has 1 aliphatic heterocycles. The molecular weight excluding hydrogens is 258 g/mol. The van der Waals surface area contributed by atoms with E-state index in [1.54, 1.807) is 0 Å². The number of likely N-dealkylation sites (tertiary alicyclic amines) is 1. The maximum atomic E-state index is 10.4. The molecule has 21 heavy (non-hydrogen) atoms. The third-order valence-corrected chi connectivity index (χ3v) is 4.40. The lowest BCUT2D eigenvalue weighted by molar-refractivity contribution is 0.0187. The first-order valence-corrected chi connectivity index (χ1v) is 7.79. The number of aliphatic hydroxyl groups excluding tert-OH is 1. The summed E-state index contributed by atoms with van der Waals surface area (Å²) >= 11 is 0. The number of rotatable bonds is 4. The fourth-order valence-corrected chi connectivity index (χ4v) is 3.19. The van der Waals surface area contributed by atoms with Crippen LogP contribution in [0.3, 0.4) is 0 Å². The van der Waals surface area contributed by atoms with Gasteiger partial charge in [0.25, 0.3) is 0 Å². The van der Waals surface area contributed by atoms with E-state index in [1.165, 1.54) is 11.1 Å². The van der Waals surface area contributed by atoms with Crippen LogP contribution in [0, 0.1) is 5.92 Å². The third-order valence-electron chi connectivity index (χ3n) is 4.40. The quantitative estimate of drug-likeness (QED) is 0.931. The Bertz CT molecular complexity index is 540. The minimum absolute atomic E-state index is 0.220. The molecule has 1 fully saturated rings. The fraction of sp³-hybridized carbons (Fsp3) is 0.368. The van der Waals surface area contributed by atoms with Crippen molar-refractivity contribution >= 4 is 0 Å². The second-order valence-corrected chi connectivity index (χ2v) is 6.03. The molecule has 2 atom stereocenters. The topological polar surface area (TPSA) is 23.5 Å². The van der Waals surface area contributed by atoms with E-state index in [4.69, 9.17) is 0 Å². The predicted octanol–water partition coefficient (Wildman–Crippen LogP) is 3.11. The molecule has 2 aromatic carbocycles. The average molecular weight is 281 g/mol. The summed E-state index contributed by atoms with van der Waals surface area (Å²) in [6.07, 6.45) is 1.84. The molecule has 1 unspecified atom stereocenters. The van der Waals surface area contributed by atoms with E-state index in [-0.39, 0.29) is 6.10 Å². The first kappa shape index (κ1) is 14.3. The van der Waals surface area contributed by atoms with Gasteiger partial charge in [-0.1, -0.05) is 60.7 Å². The summed E-state index contributed by atoms with van der Waals surface area (Å²) in [6, 6.07) is 21.0. The molecule has 110 valence electrons.